The van der Waals surface area contributed by atoms with E-state index in [0.717, 1.165) is 51.9 Å². The molecule has 0 bridgehead atoms. The molecule has 1 aliphatic heterocycles. The maximum atomic E-state index is 13.4. The Morgan fingerprint density at radius 3 is 2.49 bits per heavy atom. The number of amides is 1. The Hall–Kier alpha value is -3.97. The van der Waals surface area contributed by atoms with Gasteiger partial charge in [-0.3, -0.25) is 9.78 Å². The van der Waals surface area contributed by atoms with E-state index in [9.17, 15) is 9.18 Å². The molecule has 0 spiro atoms. The Kier molecular flexibility index (Phi) is 7.06. The number of ether oxygens (including phenoxy) is 2. The number of benzene rings is 3. The van der Waals surface area contributed by atoms with Gasteiger partial charge in [0.05, 0.1) is 12.7 Å². The lowest BCUT2D eigenvalue weighted by atomic mass is 9.93. The van der Waals surface area contributed by atoms with Gasteiger partial charge in [-0.25, -0.2) is 4.39 Å². The first-order valence-corrected chi connectivity index (χ1v) is 12.3. The number of aromatic nitrogens is 1. The lowest BCUT2D eigenvalue weighted by Gasteiger charge is -2.18. The molecule has 7 heteroatoms. The summed E-state index contributed by atoms with van der Waals surface area (Å²) in [5, 5.41) is 4.22. The van der Waals surface area contributed by atoms with E-state index in [0.29, 0.717) is 36.4 Å². The number of pyridine rings is 1. The molecule has 6 nitrogen and oxygen atoms in total. The number of hydrogen-bond acceptors (Lipinski definition) is 5. The van der Waals surface area contributed by atoms with Crippen LogP contribution in [0.2, 0.25) is 0 Å². The van der Waals surface area contributed by atoms with Crippen LogP contribution >= 0.6 is 0 Å². The quantitative estimate of drug-likeness (QED) is 0.355. The fraction of sp³-hybridized carbons (Fsp3) is 0.267. The van der Waals surface area contributed by atoms with Crippen molar-refractivity contribution in [2.45, 2.75) is 26.0 Å². The summed E-state index contributed by atoms with van der Waals surface area (Å²) in [6, 6.07) is 16.4. The minimum absolute atomic E-state index is 0.0514. The van der Waals surface area contributed by atoms with Crippen molar-refractivity contribution in [2.24, 2.45) is 0 Å². The SMILES string of the molecule is CNCCc1c2c(c(OCc3ccc(OC)cc3)c3ncc(Cc4ccc(F)cc4)cc13)C(=O)N(C)C2. The number of methoxy groups -OCH3 is 1. The fourth-order valence-electron chi connectivity index (χ4n) is 4.88. The van der Waals surface area contributed by atoms with Crippen LogP contribution in [0.3, 0.4) is 0 Å². The highest BCUT2D eigenvalue weighted by Gasteiger charge is 2.33. The van der Waals surface area contributed by atoms with Crippen LogP contribution in [0.25, 0.3) is 10.9 Å². The molecular weight excluding hydrogens is 469 g/mol. The van der Waals surface area contributed by atoms with Gasteiger partial charge in [0, 0.05) is 25.2 Å². The predicted octanol–water partition coefficient (Wildman–Crippen LogP) is 4.90. The third kappa shape index (κ3) is 5.00. The maximum Gasteiger partial charge on any atom is 0.258 e. The lowest BCUT2D eigenvalue weighted by molar-refractivity contribution is 0.0813. The number of nitrogens with zero attached hydrogens (tertiary/aromatic N) is 2. The van der Waals surface area contributed by atoms with Crippen molar-refractivity contribution >= 4 is 16.8 Å². The Labute approximate surface area is 216 Å². The van der Waals surface area contributed by atoms with Gasteiger partial charge in [0.1, 0.15) is 23.7 Å². The third-order valence-corrected chi connectivity index (χ3v) is 6.82. The molecule has 1 amide bonds. The number of nitrogens with one attached hydrogen (secondary N) is 1. The number of carbonyl (C=O) groups is 1. The summed E-state index contributed by atoms with van der Waals surface area (Å²) in [6.45, 7) is 1.61. The van der Waals surface area contributed by atoms with Crippen LogP contribution in [-0.2, 0) is 26.0 Å². The first-order chi connectivity index (χ1) is 18.0. The molecule has 0 fully saturated rings. The fourth-order valence-corrected chi connectivity index (χ4v) is 4.88. The van der Waals surface area contributed by atoms with Crippen molar-refractivity contribution in [1.29, 1.82) is 0 Å². The van der Waals surface area contributed by atoms with E-state index in [1.165, 1.54) is 12.1 Å². The molecular formula is C30H30FN3O3. The smallest absolute Gasteiger partial charge is 0.258 e. The molecule has 190 valence electrons. The van der Waals surface area contributed by atoms with Crippen molar-refractivity contribution in [2.75, 3.05) is 27.7 Å². The summed E-state index contributed by atoms with van der Waals surface area (Å²) in [7, 11) is 5.37. The summed E-state index contributed by atoms with van der Waals surface area (Å²) in [6.07, 6.45) is 3.22. The second-order valence-electron chi connectivity index (χ2n) is 9.36. The molecule has 0 unspecified atom stereocenters. The lowest BCUT2D eigenvalue weighted by Crippen LogP contribution is -2.18. The summed E-state index contributed by atoms with van der Waals surface area (Å²) >= 11 is 0. The highest BCUT2D eigenvalue weighted by molar-refractivity contribution is 6.07. The molecule has 4 aromatic rings. The first-order valence-electron chi connectivity index (χ1n) is 12.3. The van der Waals surface area contributed by atoms with Crippen LogP contribution in [-0.4, -0.2) is 43.5 Å². The van der Waals surface area contributed by atoms with E-state index < -0.39 is 0 Å². The number of rotatable bonds is 9. The second-order valence-corrected chi connectivity index (χ2v) is 9.36. The Morgan fingerprint density at radius 2 is 1.78 bits per heavy atom. The zero-order chi connectivity index (χ0) is 25.9. The normalized spacial score (nSPS) is 12.8. The van der Waals surface area contributed by atoms with Crippen LogP contribution in [0.15, 0.2) is 60.8 Å². The molecule has 1 N–H and O–H groups in total. The van der Waals surface area contributed by atoms with Crippen molar-refractivity contribution in [1.82, 2.24) is 15.2 Å². The Balaban J connectivity index is 1.60. The Bertz CT molecular complexity index is 1440. The Morgan fingerprint density at radius 1 is 1.05 bits per heavy atom. The minimum atomic E-state index is -0.252. The number of likely N-dealkylation sites (N-methyl/N-ethyl adjacent to an activating group) is 1. The molecule has 5 rings (SSSR count). The van der Waals surface area contributed by atoms with Crippen LogP contribution in [0, 0.1) is 5.82 Å². The predicted molar refractivity (Wildman–Crippen MR) is 142 cm³/mol. The molecule has 2 heterocycles. The van der Waals surface area contributed by atoms with Crippen LogP contribution in [0.5, 0.6) is 11.5 Å². The highest BCUT2D eigenvalue weighted by atomic mass is 19.1. The number of carbonyl (C=O) groups excluding carboxylic acids is 1. The van der Waals surface area contributed by atoms with Gasteiger partial charge < -0.3 is 19.7 Å². The van der Waals surface area contributed by atoms with E-state index in [4.69, 9.17) is 14.5 Å². The molecule has 0 atom stereocenters. The van der Waals surface area contributed by atoms with E-state index >= 15 is 0 Å². The molecule has 0 radical (unpaired) electrons. The standard InChI is InChI=1S/C30H30FN3O3/c1-32-13-12-24-25-15-21(14-19-4-8-22(31)9-5-19)16-33-28(25)29(27-26(24)17-34(2)30(27)35)37-18-20-6-10-23(36-3)11-7-20/h4-11,15-16,32H,12-14,17-18H2,1-3H3. The number of fused-ring (bicyclic) bond motifs is 2. The summed E-state index contributed by atoms with van der Waals surface area (Å²) in [5.74, 6) is 0.995. The van der Waals surface area contributed by atoms with Gasteiger partial charge in [-0.1, -0.05) is 24.3 Å². The molecule has 3 aromatic carbocycles. The molecule has 37 heavy (non-hydrogen) atoms. The van der Waals surface area contributed by atoms with Crippen molar-refractivity contribution in [3.63, 3.8) is 0 Å². The van der Waals surface area contributed by atoms with E-state index in [1.54, 1.807) is 24.1 Å². The van der Waals surface area contributed by atoms with Gasteiger partial charge in [-0.05, 0) is 84.6 Å². The zero-order valence-corrected chi connectivity index (χ0v) is 21.3. The highest BCUT2D eigenvalue weighted by Crippen LogP contribution is 2.41. The first kappa shape index (κ1) is 24.7. The monoisotopic (exact) mass is 499 g/mol. The van der Waals surface area contributed by atoms with Crippen molar-refractivity contribution in [3.8, 4) is 11.5 Å². The number of hydrogen-bond donors (Lipinski definition) is 1. The molecule has 1 aliphatic rings. The van der Waals surface area contributed by atoms with Crippen LogP contribution in [0.1, 0.15) is 38.2 Å². The average molecular weight is 500 g/mol. The number of halogens is 1. The van der Waals surface area contributed by atoms with Gasteiger partial charge in [-0.2, -0.15) is 0 Å². The van der Waals surface area contributed by atoms with Crippen molar-refractivity contribution < 1.29 is 18.7 Å². The van der Waals surface area contributed by atoms with Gasteiger partial charge in [0.15, 0.2) is 5.75 Å². The largest absolute Gasteiger partial charge is 0.497 e. The van der Waals surface area contributed by atoms with Gasteiger partial charge in [-0.15, -0.1) is 0 Å². The van der Waals surface area contributed by atoms with Crippen LogP contribution in [0.4, 0.5) is 4.39 Å². The van der Waals surface area contributed by atoms with Gasteiger partial charge >= 0.3 is 0 Å². The van der Waals surface area contributed by atoms with Gasteiger partial charge in [0.25, 0.3) is 5.91 Å². The topological polar surface area (TPSA) is 63.7 Å². The summed E-state index contributed by atoms with van der Waals surface area (Å²) < 4.78 is 25.0. The molecule has 0 aliphatic carbocycles. The van der Waals surface area contributed by atoms with Crippen LogP contribution < -0.4 is 14.8 Å². The second kappa shape index (κ2) is 10.6. The summed E-state index contributed by atoms with van der Waals surface area (Å²) in [4.78, 5) is 19.8. The van der Waals surface area contributed by atoms with E-state index in [2.05, 4.69) is 11.4 Å². The van der Waals surface area contributed by atoms with E-state index in [1.807, 2.05) is 44.6 Å². The molecule has 1 aromatic heterocycles. The molecule has 0 saturated carbocycles. The average Bonchev–Trinajstić information content (AvgIpc) is 3.21. The zero-order valence-electron chi connectivity index (χ0n) is 21.3. The third-order valence-electron chi connectivity index (χ3n) is 6.82. The van der Waals surface area contributed by atoms with Crippen molar-refractivity contribution in [3.05, 3.63) is 100.0 Å². The summed E-state index contributed by atoms with van der Waals surface area (Å²) in [5.41, 5.74) is 6.39. The maximum absolute atomic E-state index is 13.4. The van der Waals surface area contributed by atoms with E-state index in [-0.39, 0.29) is 11.7 Å². The molecule has 0 saturated heterocycles. The van der Waals surface area contributed by atoms with Gasteiger partial charge in [0.2, 0.25) is 0 Å². The minimum Gasteiger partial charge on any atom is -0.497 e.